The van der Waals surface area contributed by atoms with Crippen molar-refractivity contribution in [2.24, 2.45) is 0 Å². The van der Waals surface area contributed by atoms with Gasteiger partial charge < -0.3 is 20.2 Å². The van der Waals surface area contributed by atoms with Crippen molar-refractivity contribution in [3.8, 4) is 5.75 Å². The highest BCUT2D eigenvalue weighted by Gasteiger charge is 2.50. The lowest BCUT2D eigenvalue weighted by Crippen LogP contribution is -2.70. The maximum atomic E-state index is 14.2. The second-order valence-corrected chi connectivity index (χ2v) is 10.9. The molecule has 0 saturated carbocycles. The van der Waals surface area contributed by atoms with Crippen molar-refractivity contribution < 1.29 is 19.5 Å². The molecule has 0 bridgehead atoms. The van der Waals surface area contributed by atoms with Crippen molar-refractivity contribution in [3.63, 3.8) is 0 Å². The van der Waals surface area contributed by atoms with Gasteiger partial charge in [0.2, 0.25) is 17.7 Å². The minimum Gasteiger partial charge on any atom is -0.508 e. The summed E-state index contributed by atoms with van der Waals surface area (Å²) in [7, 11) is 0. The van der Waals surface area contributed by atoms with E-state index in [0.29, 0.717) is 38.8 Å². The Morgan fingerprint density at radius 2 is 1.62 bits per heavy atom. The van der Waals surface area contributed by atoms with Crippen LogP contribution in [0.4, 0.5) is 0 Å². The van der Waals surface area contributed by atoms with Gasteiger partial charge >= 0.3 is 0 Å². The largest absolute Gasteiger partial charge is 0.508 e. The molecule has 40 heavy (non-hydrogen) atoms. The fraction of sp³-hybridized carbons (Fsp3) is 0.364. The number of amides is 3. The fourth-order valence-electron chi connectivity index (χ4n) is 5.90. The lowest BCUT2D eigenvalue weighted by atomic mass is 9.87. The molecule has 1 saturated heterocycles. The number of carbonyl (C=O) groups is 3. The third-order valence-corrected chi connectivity index (χ3v) is 8.09. The number of piperazine rings is 1. The van der Waals surface area contributed by atoms with Gasteiger partial charge in [0.05, 0.1) is 0 Å². The Hall–Kier alpha value is -4.13. The molecule has 0 spiro atoms. The maximum Gasteiger partial charge on any atom is 0.247 e. The number of phenolic OH excluding ortho intramolecular Hbond substituents is 1. The molecular formula is C33H37N3O4. The van der Waals surface area contributed by atoms with Gasteiger partial charge in [-0.2, -0.15) is 0 Å². The minimum atomic E-state index is -0.807. The number of benzene rings is 3. The molecule has 1 unspecified atom stereocenters. The number of nitrogens with zero attached hydrogens (tertiary/aromatic N) is 2. The van der Waals surface area contributed by atoms with E-state index in [0.717, 1.165) is 22.3 Å². The first-order valence-corrected chi connectivity index (χ1v) is 14.2. The van der Waals surface area contributed by atoms with E-state index in [1.165, 1.54) is 5.56 Å². The van der Waals surface area contributed by atoms with E-state index in [4.69, 9.17) is 0 Å². The van der Waals surface area contributed by atoms with E-state index in [1.807, 2.05) is 38.1 Å². The lowest BCUT2D eigenvalue weighted by Gasteiger charge is -2.49. The zero-order chi connectivity index (χ0) is 28.2. The van der Waals surface area contributed by atoms with Crippen LogP contribution in [-0.2, 0) is 40.2 Å². The number of nitrogens with one attached hydrogen (secondary N) is 1. The average Bonchev–Trinajstić information content (AvgIpc) is 2.96. The van der Waals surface area contributed by atoms with Crippen LogP contribution in [0.3, 0.4) is 0 Å². The summed E-state index contributed by atoms with van der Waals surface area (Å²) in [6.07, 6.45) is 2.55. The molecule has 3 aromatic rings. The summed E-state index contributed by atoms with van der Waals surface area (Å²) in [6, 6.07) is 20.6. The Morgan fingerprint density at radius 1 is 0.950 bits per heavy atom. The predicted octanol–water partition coefficient (Wildman–Crippen LogP) is 3.94. The molecule has 3 aromatic carbocycles. The Labute approximate surface area is 235 Å². The van der Waals surface area contributed by atoms with Gasteiger partial charge in [-0.1, -0.05) is 79.6 Å². The standard InChI is InChI=1S/C33H37N3O4/c1-3-6-28(31(38)34-18-17-23-11-9-22(2)10-12-23)36-30(19-24-13-15-27(37)16-14-24)32(39)35-21-26-8-5-4-7-25(26)20-29(35)33(36)40/h4-5,7-16,28-30,37H,3,6,17-21H2,1-2H3,(H,34,38)/t28?,29-,30-/m0/s1. The number of rotatable bonds is 9. The van der Waals surface area contributed by atoms with Crippen LogP contribution in [0, 0.1) is 6.92 Å². The van der Waals surface area contributed by atoms with Gasteiger partial charge in [0, 0.05) is 25.9 Å². The monoisotopic (exact) mass is 539 g/mol. The number of fused-ring (bicyclic) bond motifs is 2. The number of carbonyl (C=O) groups excluding carboxylic acids is 3. The molecule has 5 rings (SSSR count). The zero-order valence-electron chi connectivity index (χ0n) is 23.2. The summed E-state index contributed by atoms with van der Waals surface area (Å²) in [5.74, 6) is -0.405. The van der Waals surface area contributed by atoms with Crippen LogP contribution in [0.15, 0.2) is 72.8 Å². The smallest absolute Gasteiger partial charge is 0.247 e. The molecule has 3 amide bonds. The average molecular weight is 540 g/mol. The highest BCUT2D eigenvalue weighted by Crippen LogP contribution is 2.32. The highest BCUT2D eigenvalue weighted by atomic mass is 16.3. The molecule has 208 valence electrons. The summed E-state index contributed by atoms with van der Waals surface area (Å²) in [5.41, 5.74) is 5.25. The molecule has 2 aliphatic heterocycles. The summed E-state index contributed by atoms with van der Waals surface area (Å²) >= 11 is 0. The van der Waals surface area contributed by atoms with Crippen molar-refractivity contribution >= 4 is 17.7 Å². The first-order chi connectivity index (χ1) is 19.4. The Morgan fingerprint density at radius 3 is 2.33 bits per heavy atom. The second kappa shape index (κ2) is 11.9. The lowest BCUT2D eigenvalue weighted by molar-refractivity contribution is -0.167. The van der Waals surface area contributed by atoms with E-state index < -0.39 is 18.1 Å². The van der Waals surface area contributed by atoms with Crippen LogP contribution >= 0.6 is 0 Å². The molecule has 2 N–H and O–H groups in total. The highest BCUT2D eigenvalue weighted by molar-refractivity contribution is 6.00. The predicted molar refractivity (Wildman–Crippen MR) is 154 cm³/mol. The number of aromatic hydroxyl groups is 1. The quantitative estimate of drug-likeness (QED) is 0.431. The zero-order valence-corrected chi connectivity index (χ0v) is 23.2. The van der Waals surface area contributed by atoms with Gasteiger partial charge in [-0.05, 0) is 54.2 Å². The van der Waals surface area contributed by atoms with Crippen LogP contribution in [0.25, 0.3) is 0 Å². The molecule has 2 heterocycles. The van der Waals surface area contributed by atoms with Crippen LogP contribution < -0.4 is 5.32 Å². The third-order valence-electron chi connectivity index (χ3n) is 8.09. The minimum absolute atomic E-state index is 0.135. The van der Waals surface area contributed by atoms with Crippen molar-refractivity contribution in [2.75, 3.05) is 6.54 Å². The summed E-state index contributed by atoms with van der Waals surface area (Å²) < 4.78 is 0. The van der Waals surface area contributed by atoms with Gasteiger partial charge in [-0.15, -0.1) is 0 Å². The number of aryl methyl sites for hydroxylation is 1. The van der Waals surface area contributed by atoms with E-state index in [1.54, 1.807) is 34.1 Å². The van der Waals surface area contributed by atoms with Crippen LogP contribution in [-0.4, -0.2) is 57.3 Å². The Balaban J connectivity index is 1.43. The topological polar surface area (TPSA) is 90.0 Å². The van der Waals surface area contributed by atoms with E-state index in [9.17, 15) is 19.5 Å². The molecular weight excluding hydrogens is 502 g/mol. The summed E-state index contributed by atoms with van der Waals surface area (Å²) in [6.45, 7) is 4.86. The second-order valence-electron chi connectivity index (χ2n) is 10.9. The number of hydrogen-bond acceptors (Lipinski definition) is 4. The van der Waals surface area contributed by atoms with E-state index >= 15 is 0 Å². The molecule has 1 fully saturated rings. The molecule has 0 radical (unpaired) electrons. The van der Waals surface area contributed by atoms with Gasteiger partial charge in [0.1, 0.15) is 23.9 Å². The SMILES string of the molecule is CCCC(C(=O)NCCc1ccc(C)cc1)N1C(=O)[C@@H]2Cc3ccccc3CN2C(=O)[C@@H]1Cc1ccc(O)cc1. The number of phenols is 1. The van der Waals surface area contributed by atoms with Crippen LogP contribution in [0.2, 0.25) is 0 Å². The Kier molecular flexibility index (Phi) is 8.19. The maximum absolute atomic E-state index is 14.2. The molecule has 0 aromatic heterocycles. The first-order valence-electron chi connectivity index (χ1n) is 14.2. The normalized spacial score (nSPS) is 19.1. The summed E-state index contributed by atoms with van der Waals surface area (Å²) in [4.78, 5) is 45.3. The van der Waals surface area contributed by atoms with Gasteiger partial charge in [0.25, 0.3) is 0 Å². The van der Waals surface area contributed by atoms with E-state index in [-0.39, 0.29) is 29.9 Å². The fourth-order valence-corrected chi connectivity index (χ4v) is 5.90. The van der Waals surface area contributed by atoms with Crippen molar-refractivity contribution in [1.29, 1.82) is 0 Å². The number of hydrogen-bond donors (Lipinski definition) is 2. The molecule has 2 aliphatic rings. The third kappa shape index (κ3) is 5.74. The molecule has 7 heteroatoms. The first kappa shape index (κ1) is 27.4. The van der Waals surface area contributed by atoms with Gasteiger partial charge in [-0.3, -0.25) is 14.4 Å². The van der Waals surface area contributed by atoms with Crippen molar-refractivity contribution in [1.82, 2.24) is 15.1 Å². The molecule has 0 aliphatic carbocycles. The molecule has 7 nitrogen and oxygen atoms in total. The van der Waals surface area contributed by atoms with Crippen LogP contribution in [0.5, 0.6) is 5.75 Å². The Bertz CT molecular complexity index is 1370. The van der Waals surface area contributed by atoms with Crippen molar-refractivity contribution in [2.45, 2.75) is 70.6 Å². The van der Waals surface area contributed by atoms with Gasteiger partial charge in [-0.25, -0.2) is 0 Å². The van der Waals surface area contributed by atoms with Gasteiger partial charge in [0.15, 0.2) is 0 Å². The van der Waals surface area contributed by atoms with Crippen LogP contribution in [0.1, 0.15) is 47.6 Å². The molecule has 3 atom stereocenters. The van der Waals surface area contributed by atoms with Crippen molar-refractivity contribution in [3.05, 3.63) is 101 Å². The summed E-state index contributed by atoms with van der Waals surface area (Å²) in [5, 5.41) is 12.8. The van der Waals surface area contributed by atoms with E-state index in [2.05, 4.69) is 29.6 Å².